The van der Waals surface area contributed by atoms with Gasteiger partial charge in [0.05, 0.1) is 22.1 Å². The predicted octanol–water partition coefficient (Wildman–Crippen LogP) is 2.03. The molecule has 4 fully saturated rings. The number of aromatic carboxylic acids is 1. The molecule has 1 saturated heterocycles. The minimum atomic E-state index is -2.08. The van der Waals surface area contributed by atoms with E-state index in [9.17, 15) is 40.2 Å². The number of rotatable bonds is 4. The molecule has 8 atom stereocenters. The third-order valence-electron chi connectivity index (χ3n) is 9.61. The molecule has 3 saturated carbocycles. The maximum Gasteiger partial charge on any atom is 0.335 e. The Hall–Kier alpha value is -2.76. The minimum absolute atomic E-state index is 0.0318. The van der Waals surface area contributed by atoms with E-state index in [2.05, 4.69) is 0 Å². The van der Waals surface area contributed by atoms with Gasteiger partial charge >= 0.3 is 5.97 Å². The van der Waals surface area contributed by atoms with Gasteiger partial charge in [-0.05, 0) is 80.9 Å². The molecule has 8 unspecified atom stereocenters. The van der Waals surface area contributed by atoms with Gasteiger partial charge in [-0.2, -0.15) is 0 Å². The van der Waals surface area contributed by atoms with Crippen LogP contribution in [0.15, 0.2) is 18.2 Å². The van der Waals surface area contributed by atoms with E-state index in [0.29, 0.717) is 24.8 Å². The molecular formula is C28H32O10. The highest BCUT2D eigenvalue weighted by atomic mass is 16.7. The average molecular weight is 529 g/mol. The Kier molecular flexibility index (Phi) is 5.45. The lowest BCUT2D eigenvalue weighted by molar-refractivity contribution is -0.410. The van der Waals surface area contributed by atoms with Crippen LogP contribution in [0.1, 0.15) is 71.7 Å². The summed E-state index contributed by atoms with van der Waals surface area (Å²) in [7, 11) is 0. The number of aliphatic hydroxyl groups excluding tert-OH is 1. The first-order valence-electron chi connectivity index (χ1n) is 13.0. The Balaban J connectivity index is 1.51. The number of hydrogen-bond acceptors (Lipinski definition) is 9. The third-order valence-corrected chi connectivity index (χ3v) is 9.61. The second-order valence-corrected chi connectivity index (χ2v) is 11.6. The highest BCUT2D eigenvalue weighted by Gasteiger charge is 2.75. The van der Waals surface area contributed by atoms with Crippen LogP contribution in [0.25, 0.3) is 10.8 Å². The number of aryl methyl sites for hydroxylation is 1. The fraction of sp³-hybridized carbons (Fsp3) is 0.571. The first kappa shape index (κ1) is 25.5. The minimum Gasteiger partial charge on any atom is -0.506 e. The zero-order valence-electron chi connectivity index (χ0n) is 21.2. The smallest absolute Gasteiger partial charge is 0.335 e. The maximum atomic E-state index is 12.3. The Bertz CT molecular complexity index is 1370. The van der Waals surface area contributed by atoms with Crippen LogP contribution in [0.4, 0.5) is 0 Å². The van der Waals surface area contributed by atoms with Gasteiger partial charge in [-0.3, -0.25) is 4.79 Å². The predicted molar refractivity (Wildman–Crippen MR) is 132 cm³/mol. The lowest BCUT2D eigenvalue weighted by Gasteiger charge is -2.65. The van der Waals surface area contributed by atoms with E-state index < -0.39 is 52.8 Å². The van der Waals surface area contributed by atoms with Crippen LogP contribution in [0.5, 0.6) is 11.5 Å². The number of carbonyl (C=O) groups is 2. The first-order chi connectivity index (χ1) is 17.8. The van der Waals surface area contributed by atoms with Crippen molar-refractivity contribution in [2.75, 3.05) is 0 Å². The molecule has 2 aromatic rings. The molecule has 0 spiro atoms. The average Bonchev–Trinajstić information content (AvgIpc) is 3.22. The van der Waals surface area contributed by atoms with E-state index >= 15 is 0 Å². The van der Waals surface area contributed by atoms with Crippen LogP contribution < -0.4 is 4.74 Å². The zero-order valence-corrected chi connectivity index (χ0v) is 21.2. The monoisotopic (exact) mass is 528 g/mol. The summed E-state index contributed by atoms with van der Waals surface area (Å²) in [4.78, 5) is 24.2. The molecule has 1 aliphatic heterocycles. The van der Waals surface area contributed by atoms with Crippen molar-refractivity contribution >= 4 is 22.5 Å². The van der Waals surface area contributed by atoms with E-state index in [1.165, 1.54) is 13.0 Å². The van der Waals surface area contributed by atoms with Crippen LogP contribution in [0, 0.1) is 18.8 Å². The molecular weight excluding hydrogens is 496 g/mol. The van der Waals surface area contributed by atoms with E-state index in [0.717, 1.165) is 18.9 Å². The molecule has 0 radical (unpaired) electrons. The molecule has 10 nitrogen and oxygen atoms in total. The van der Waals surface area contributed by atoms with E-state index in [4.69, 9.17) is 9.47 Å². The summed E-state index contributed by atoms with van der Waals surface area (Å²) in [5, 5.41) is 67.6. The van der Waals surface area contributed by atoms with Crippen molar-refractivity contribution in [1.82, 2.24) is 0 Å². The van der Waals surface area contributed by atoms with Crippen LogP contribution in [-0.4, -0.2) is 77.7 Å². The normalized spacial score (nSPS) is 39.6. The quantitative estimate of drug-likeness (QED) is 0.322. The van der Waals surface area contributed by atoms with Crippen LogP contribution >= 0.6 is 0 Å². The Morgan fingerprint density at radius 2 is 1.79 bits per heavy atom. The number of phenols is 1. The standard InChI is InChI=1S/C28H32O10/c1-12-8-14-9-15(22(31)32)10-18(20(14)21(30)19(12)13(2)29)37-25-27(35)7-5-17-11-16-4-3-6-26(16,34)24(38-25)28(17,36)23(27)33/h8-10,16-17,23-25,30,33-36H,3-7,11H2,1-2H3,(H,31,32). The van der Waals surface area contributed by atoms with Crippen molar-refractivity contribution in [2.45, 2.75) is 87.7 Å². The topological polar surface area (TPSA) is 174 Å². The van der Waals surface area contributed by atoms with Gasteiger partial charge in [-0.15, -0.1) is 0 Å². The Labute approximate surface area is 218 Å². The van der Waals surface area contributed by atoms with Gasteiger partial charge < -0.3 is 40.1 Å². The van der Waals surface area contributed by atoms with Crippen LogP contribution in [-0.2, 0) is 4.74 Å². The molecule has 6 rings (SSSR count). The number of fused-ring (bicyclic) bond motifs is 4. The van der Waals surface area contributed by atoms with Gasteiger partial charge in [0.25, 0.3) is 0 Å². The van der Waals surface area contributed by atoms with Crippen molar-refractivity contribution in [3.63, 3.8) is 0 Å². The van der Waals surface area contributed by atoms with Gasteiger partial charge in [0, 0.05) is 0 Å². The highest BCUT2D eigenvalue weighted by molar-refractivity contribution is 6.08. The molecule has 0 amide bonds. The molecule has 2 aromatic carbocycles. The largest absolute Gasteiger partial charge is 0.506 e. The van der Waals surface area contributed by atoms with E-state index in [1.807, 2.05) is 0 Å². The summed E-state index contributed by atoms with van der Waals surface area (Å²) in [5.41, 5.74) is -5.10. The zero-order chi connectivity index (χ0) is 27.4. The number of Topliss-reactive ketones (excluding diaryl/α,β-unsaturated/α-hetero) is 1. The van der Waals surface area contributed by atoms with Crippen LogP contribution in [0.2, 0.25) is 0 Å². The number of carbonyl (C=O) groups excluding carboxylic acids is 1. The highest BCUT2D eigenvalue weighted by Crippen LogP contribution is 2.61. The van der Waals surface area contributed by atoms with Crippen LogP contribution in [0.3, 0.4) is 0 Å². The summed E-state index contributed by atoms with van der Waals surface area (Å²) in [6, 6.07) is 4.06. The number of hydrogen-bond donors (Lipinski definition) is 6. The summed E-state index contributed by atoms with van der Waals surface area (Å²) in [5.74, 6) is -2.78. The van der Waals surface area contributed by atoms with Gasteiger partial charge in [0.15, 0.2) is 11.4 Å². The molecule has 10 heteroatoms. The van der Waals surface area contributed by atoms with Crippen molar-refractivity contribution in [1.29, 1.82) is 0 Å². The molecule has 6 N–H and O–H groups in total. The number of ketones is 1. The SMILES string of the molecule is CC(=O)c1c(C)cc2cc(C(=O)O)cc(OC3OC4C5(O)CCCC5CC5CCC3(O)C(O)C54O)c2c1O. The number of ether oxygens (including phenoxy) is 2. The summed E-state index contributed by atoms with van der Waals surface area (Å²) < 4.78 is 12.3. The summed E-state index contributed by atoms with van der Waals surface area (Å²) >= 11 is 0. The van der Waals surface area contributed by atoms with Crippen molar-refractivity contribution in [3.8, 4) is 11.5 Å². The number of benzene rings is 2. The fourth-order valence-corrected chi connectivity index (χ4v) is 7.80. The van der Waals surface area contributed by atoms with Gasteiger partial charge in [-0.25, -0.2) is 4.79 Å². The first-order valence-corrected chi connectivity index (χ1v) is 13.0. The van der Waals surface area contributed by atoms with Crippen molar-refractivity contribution < 1.29 is 49.7 Å². The third kappa shape index (κ3) is 3.18. The maximum absolute atomic E-state index is 12.3. The summed E-state index contributed by atoms with van der Waals surface area (Å²) in [6.45, 7) is 2.92. The molecule has 38 heavy (non-hydrogen) atoms. The number of carboxylic acids is 1. The molecule has 3 aliphatic carbocycles. The number of phenolic OH excluding ortho intramolecular Hbond substituents is 1. The second-order valence-electron chi connectivity index (χ2n) is 11.6. The molecule has 2 bridgehead atoms. The van der Waals surface area contributed by atoms with Gasteiger partial charge in [-0.1, -0.05) is 12.5 Å². The van der Waals surface area contributed by atoms with Crippen molar-refractivity contribution in [2.24, 2.45) is 11.8 Å². The van der Waals surface area contributed by atoms with Gasteiger partial charge in [0.1, 0.15) is 29.3 Å². The second kappa shape index (κ2) is 8.12. The molecule has 1 heterocycles. The Morgan fingerprint density at radius 1 is 1.05 bits per heavy atom. The number of aromatic hydroxyl groups is 1. The summed E-state index contributed by atoms with van der Waals surface area (Å²) in [6.07, 6.45) is -1.83. The lowest BCUT2D eigenvalue weighted by Crippen LogP contribution is -2.83. The van der Waals surface area contributed by atoms with Crippen molar-refractivity contribution in [3.05, 3.63) is 34.9 Å². The van der Waals surface area contributed by atoms with E-state index in [1.54, 1.807) is 13.0 Å². The Morgan fingerprint density at radius 3 is 2.47 bits per heavy atom. The number of aliphatic hydroxyl groups is 4. The lowest BCUT2D eigenvalue weighted by atomic mass is 9.52. The molecule has 4 aliphatic rings. The number of carboxylic acid groups (broad SMARTS) is 1. The van der Waals surface area contributed by atoms with Gasteiger partial charge in [0.2, 0.25) is 6.29 Å². The fourth-order valence-electron chi connectivity index (χ4n) is 7.80. The van der Waals surface area contributed by atoms with E-state index in [-0.39, 0.29) is 45.9 Å². The molecule has 204 valence electrons. The molecule has 0 aromatic heterocycles.